The van der Waals surface area contributed by atoms with Crippen molar-refractivity contribution in [1.29, 1.82) is 0 Å². The maximum atomic E-state index is 11.2. The van der Waals surface area contributed by atoms with Crippen LogP contribution in [0, 0.1) is 5.92 Å². The van der Waals surface area contributed by atoms with Crippen LogP contribution in [0.15, 0.2) is 0 Å². The largest absolute Gasteiger partial charge is 0.330 e. The minimum atomic E-state index is -2.78. The molecule has 2 N–H and O–H groups in total. The lowest BCUT2D eigenvalue weighted by Crippen LogP contribution is -2.16. The van der Waals surface area contributed by atoms with E-state index in [1.807, 2.05) is 0 Å². The van der Waals surface area contributed by atoms with Crippen LogP contribution in [0.4, 0.5) is 0 Å². The molecule has 3 nitrogen and oxygen atoms in total. The Morgan fingerprint density at radius 2 is 1.86 bits per heavy atom. The van der Waals surface area contributed by atoms with Gasteiger partial charge in [0, 0.05) is 5.75 Å². The third-order valence-corrected chi connectivity index (χ3v) is 4.33. The minimum absolute atomic E-state index is 0.258. The van der Waals surface area contributed by atoms with Crippen LogP contribution in [0.3, 0.4) is 0 Å². The van der Waals surface area contributed by atoms with E-state index in [9.17, 15) is 8.42 Å². The van der Waals surface area contributed by atoms with Crippen molar-refractivity contribution >= 4 is 9.84 Å². The summed E-state index contributed by atoms with van der Waals surface area (Å²) in [6.45, 7) is 4.51. The highest BCUT2D eigenvalue weighted by Gasteiger charge is 2.10. The Morgan fingerprint density at radius 1 is 1.21 bits per heavy atom. The van der Waals surface area contributed by atoms with Crippen molar-refractivity contribution in [2.24, 2.45) is 11.7 Å². The van der Waals surface area contributed by atoms with Crippen molar-refractivity contribution < 1.29 is 8.42 Å². The molecular formula is C10H23NO2S. The molecule has 0 radical (unpaired) electrons. The van der Waals surface area contributed by atoms with Gasteiger partial charge in [-0.2, -0.15) is 0 Å². The van der Waals surface area contributed by atoms with Crippen molar-refractivity contribution in [2.45, 2.75) is 39.5 Å². The van der Waals surface area contributed by atoms with E-state index in [-0.39, 0.29) is 5.75 Å². The average molecular weight is 221 g/mol. The summed E-state index contributed by atoms with van der Waals surface area (Å²) in [6.07, 6.45) is 3.95. The van der Waals surface area contributed by atoms with Gasteiger partial charge in [-0.1, -0.05) is 20.3 Å². The van der Waals surface area contributed by atoms with Crippen LogP contribution >= 0.6 is 0 Å². The molecule has 0 aromatic carbocycles. The number of sulfone groups is 1. The van der Waals surface area contributed by atoms with Gasteiger partial charge in [0.05, 0.1) is 5.75 Å². The molecule has 1 unspecified atom stereocenters. The van der Waals surface area contributed by atoms with E-state index in [1.54, 1.807) is 6.92 Å². The number of hydrogen-bond donors (Lipinski definition) is 1. The predicted molar refractivity (Wildman–Crippen MR) is 61.0 cm³/mol. The minimum Gasteiger partial charge on any atom is -0.330 e. The van der Waals surface area contributed by atoms with Crippen molar-refractivity contribution in [2.75, 3.05) is 18.1 Å². The molecule has 0 aromatic heterocycles. The van der Waals surface area contributed by atoms with Gasteiger partial charge in [-0.15, -0.1) is 0 Å². The van der Waals surface area contributed by atoms with Crippen LogP contribution in [0.2, 0.25) is 0 Å². The summed E-state index contributed by atoms with van der Waals surface area (Å²) in [7, 11) is -2.78. The third kappa shape index (κ3) is 6.38. The first-order chi connectivity index (χ1) is 6.55. The fourth-order valence-electron chi connectivity index (χ4n) is 1.52. The zero-order valence-corrected chi connectivity index (χ0v) is 10.1. The van der Waals surface area contributed by atoms with E-state index in [4.69, 9.17) is 5.73 Å². The zero-order chi connectivity index (χ0) is 11.0. The Balaban J connectivity index is 3.71. The highest BCUT2D eigenvalue weighted by atomic mass is 32.2. The first-order valence-electron chi connectivity index (χ1n) is 5.46. The fourth-order valence-corrected chi connectivity index (χ4v) is 2.42. The molecule has 0 aliphatic carbocycles. The molecule has 4 heteroatoms. The quantitative estimate of drug-likeness (QED) is 0.677. The summed E-state index contributed by atoms with van der Waals surface area (Å²) >= 11 is 0. The van der Waals surface area contributed by atoms with Crippen molar-refractivity contribution in [3.8, 4) is 0 Å². The molecule has 1 atom stereocenters. The van der Waals surface area contributed by atoms with Crippen molar-refractivity contribution in [3.05, 3.63) is 0 Å². The molecule has 0 rings (SSSR count). The Bertz CT molecular complexity index is 224. The summed E-state index contributed by atoms with van der Waals surface area (Å²) in [5.41, 5.74) is 5.59. The number of nitrogens with two attached hydrogens (primary N) is 1. The number of rotatable bonds is 8. The highest BCUT2D eigenvalue weighted by molar-refractivity contribution is 7.91. The SMILES string of the molecule is CCCC(CN)CCCS(=O)(=O)CC. The molecule has 0 bridgehead atoms. The van der Waals surface area contributed by atoms with E-state index in [0.29, 0.717) is 18.2 Å². The third-order valence-electron chi connectivity index (χ3n) is 2.54. The van der Waals surface area contributed by atoms with Crippen LogP contribution in [0.1, 0.15) is 39.5 Å². The van der Waals surface area contributed by atoms with Crippen LogP contribution in [-0.2, 0) is 9.84 Å². The molecule has 0 aliphatic rings. The van der Waals surface area contributed by atoms with Crippen LogP contribution in [-0.4, -0.2) is 26.5 Å². The van der Waals surface area contributed by atoms with E-state index in [0.717, 1.165) is 25.7 Å². The van der Waals surface area contributed by atoms with Gasteiger partial charge in [0.2, 0.25) is 0 Å². The van der Waals surface area contributed by atoms with Gasteiger partial charge in [0.25, 0.3) is 0 Å². The maximum Gasteiger partial charge on any atom is 0.150 e. The summed E-state index contributed by atoms with van der Waals surface area (Å²) in [6, 6.07) is 0. The molecule has 0 fully saturated rings. The first-order valence-corrected chi connectivity index (χ1v) is 7.28. The molecule has 86 valence electrons. The highest BCUT2D eigenvalue weighted by Crippen LogP contribution is 2.12. The summed E-state index contributed by atoms with van der Waals surface area (Å²) in [4.78, 5) is 0. The van der Waals surface area contributed by atoms with Gasteiger partial charge in [0.15, 0.2) is 0 Å². The first kappa shape index (κ1) is 13.9. The lowest BCUT2D eigenvalue weighted by atomic mass is 9.99. The second kappa shape index (κ2) is 7.23. The second-order valence-corrected chi connectivity index (χ2v) is 6.24. The molecule has 0 saturated carbocycles. The van der Waals surface area contributed by atoms with Gasteiger partial charge in [0.1, 0.15) is 9.84 Å². The molecule has 0 saturated heterocycles. The van der Waals surface area contributed by atoms with E-state index >= 15 is 0 Å². The Kier molecular flexibility index (Phi) is 7.19. The smallest absolute Gasteiger partial charge is 0.150 e. The summed E-state index contributed by atoms with van der Waals surface area (Å²) in [5.74, 6) is 1.09. The van der Waals surface area contributed by atoms with Gasteiger partial charge in [-0.3, -0.25) is 0 Å². The van der Waals surface area contributed by atoms with Crippen molar-refractivity contribution in [3.63, 3.8) is 0 Å². The Labute approximate surface area is 88.0 Å². The molecule has 0 spiro atoms. The Morgan fingerprint density at radius 3 is 2.29 bits per heavy atom. The van der Waals surface area contributed by atoms with Crippen molar-refractivity contribution in [1.82, 2.24) is 0 Å². The molecule has 0 aliphatic heterocycles. The normalized spacial score (nSPS) is 14.2. The molecule has 0 heterocycles. The van der Waals surface area contributed by atoms with Gasteiger partial charge in [-0.25, -0.2) is 8.42 Å². The zero-order valence-electron chi connectivity index (χ0n) is 9.33. The lowest BCUT2D eigenvalue weighted by molar-refractivity contribution is 0.450. The van der Waals surface area contributed by atoms with Gasteiger partial charge in [-0.05, 0) is 31.7 Å². The van der Waals surface area contributed by atoms with E-state index < -0.39 is 9.84 Å². The number of hydrogen-bond acceptors (Lipinski definition) is 3. The summed E-state index contributed by atoms with van der Waals surface area (Å²) in [5, 5.41) is 0. The van der Waals surface area contributed by atoms with E-state index in [1.165, 1.54) is 0 Å². The molecular weight excluding hydrogens is 198 g/mol. The molecule has 14 heavy (non-hydrogen) atoms. The Hall–Kier alpha value is -0.0900. The molecule has 0 amide bonds. The fraction of sp³-hybridized carbons (Fsp3) is 1.00. The lowest BCUT2D eigenvalue weighted by Gasteiger charge is -2.12. The second-order valence-electron chi connectivity index (χ2n) is 3.77. The average Bonchev–Trinajstić information content (AvgIpc) is 2.16. The monoisotopic (exact) mass is 221 g/mol. The predicted octanol–water partition coefficient (Wildman–Crippen LogP) is 1.58. The maximum absolute atomic E-state index is 11.2. The van der Waals surface area contributed by atoms with Crippen LogP contribution in [0.5, 0.6) is 0 Å². The molecule has 0 aromatic rings. The van der Waals surface area contributed by atoms with Gasteiger partial charge >= 0.3 is 0 Å². The van der Waals surface area contributed by atoms with Crippen LogP contribution < -0.4 is 5.73 Å². The van der Waals surface area contributed by atoms with E-state index in [2.05, 4.69) is 6.92 Å². The summed E-state index contributed by atoms with van der Waals surface area (Å²) < 4.78 is 22.4. The van der Waals surface area contributed by atoms with Gasteiger partial charge < -0.3 is 5.73 Å². The van der Waals surface area contributed by atoms with Crippen LogP contribution in [0.25, 0.3) is 0 Å². The topological polar surface area (TPSA) is 60.2 Å². The standard InChI is InChI=1S/C10H23NO2S/c1-3-6-10(9-11)7-5-8-14(12,13)4-2/h10H,3-9,11H2,1-2H3.